The molecule has 0 aromatic rings. The monoisotopic (exact) mass is 296 g/mol. The van der Waals surface area contributed by atoms with Crippen LogP contribution in [0.5, 0.6) is 0 Å². The molecule has 3 aliphatic rings. The van der Waals surface area contributed by atoms with E-state index in [4.69, 9.17) is 9.47 Å². The minimum Gasteiger partial charge on any atom is -0.381 e. The van der Waals surface area contributed by atoms with Crippen molar-refractivity contribution in [3.63, 3.8) is 0 Å². The maximum Gasteiger partial charge on any atom is 0.0757 e. The summed E-state index contributed by atoms with van der Waals surface area (Å²) in [6, 6.07) is 0.796. The number of ether oxygens (including phenoxy) is 2. The second kappa shape index (κ2) is 6.15. The van der Waals surface area contributed by atoms with Crippen molar-refractivity contribution in [1.82, 2.24) is 10.2 Å². The summed E-state index contributed by atoms with van der Waals surface area (Å²) in [6.07, 6.45) is 5.46. The fourth-order valence-electron chi connectivity index (χ4n) is 4.02. The molecule has 0 bridgehead atoms. The van der Waals surface area contributed by atoms with Gasteiger partial charge in [0.05, 0.1) is 11.7 Å². The van der Waals surface area contributed by atoms with Gasteiger partial charge in [-0.2, -0.15) is 0 Å². The second-order valence-electron chi connectivity index (χ2n) is 8.13. The molecule has 1 atom stereocenters. The molecule has 0 radical (unpaired) electrons. The Morgan fingerprint density at radius 1 is 1.19 bits per heavy atom. The summed E-state index contributed by atoms with van der Waals surface area (Å²) in [5, 5.41) is 3.78. The molecule has 2 heterocycles. The van der Waals surface area contributed by atoms with E-state index in [0.29, 0.717) is 11.5 Å². The predicted octanol–water partition coefficient (Wildman–Crippen LogP) is 2.03. The van der Waals surface area contributed by atoms with Gasteiger partial charge in [-0.3, -0.25) is 4.90 Å². The zero-order chi connectivity index (χ0) is 14.9. The third-order valence-electron chi connectivity index (χ3n) is 5.10. The molecule has 1 saturated carbocycles. The first-order chi connectivity index (χ1) is 9.96. The molecule has 21 heavy (non-hydrogen) atoms. The average Bonchev–Trinajstić information content (AvgIpc) is 3.19. The number of hydrogen-bond donors (Lipinski definition) is 1. The molecule has 1 N–H and O–H groups in total. The normalized spacial score (nSPS) is 33.0. The molecule has 1 aliphatic carbocycles. The first-order valence-electron chi connectivity index (χ1n) is 8.68. The zero-order valence-electron chi connectivity index (χ0n) is 14.0. The number of nitrogens with zero attached hydrogens (tertiary/aromatic N) is 1. The van der Waals surface area contributed by atoms with Crippen LogP contribution in [0.2, 0.25) is 0 Å². The van der Waals surface area contributed by atoms with Gasteiger partial charge in [-0.05, 0) is 51.9 Å². The number of hydrogen-bond acceptors (Lipinski definition) is 4. The summed E-state index contributed by atoms with van der Waals surface area (Å²) in [5.74, 6) is 0. The summed E-state index contributed by atoms with van der Waals surface area (Å²) in [6.45, 7) is 12.9. The molecule has 0 aromatic carbocycles. The molecule has 3 fully saturated rings. The van der Waals surface area contributed by atoms with E-state index in [-0.39, 0.29) is 5.60 Å². The largest absolute Gasteiger partial charge is 0.381 e. The molecule has 4 heteroatoms. The van der Waals surface area contributed by atoms with Gasteiger partial charge >= 0.3 is 0 Å². The predicted molar refractivity (Wildman–Crippen MR) is 84.6 cm³/mol. The molecule has 0 spiro atoms. The summed E-state index contributed by atoms with van der Waals surface area (Å²) < 4.78 is 11.7. The van der Waals surface area contributed by atoms with E-state index in [2.05, 4.69) is 31.0 Å². The van der Waals surface area contributed by atoms with Crippen molar-refractivity contribution in [2.24, 2.45) is 5.41 Å². The fourth-order valence-corrected chi connectivity index (χ4v) is 4.02. The van der Waals surface area contributed by atoms with E-state index in [1.807, 2.05) is 0 Å². The molecule has 122 valence electrons. The highest BCUT2D eigenvalue weighted by molar-refractivity contribution is 4.93. The second-order valence-corrected chi connectivity index (χ2v) is 8.13. The third kappa shape index (κ3) is 4.41. The van der Waals surface area contributed by atoms with Crippen LogP contribution in [0.4, 0.5) is 0 Å². The topological polar surface area (TPSA) is 33.7 Å². The Labute approximate surface area is 129 Å². The molecule has 2 aliphatic heterocycles. The SMILES string of the molecule is CC1CN(CC2(CNC3CC3)CCOCC2)CC(C)(C)O1. The lowest BCUT2D eigenvalue weighted by Gasteiger charge is -2.47. The fraction of sp³-hybridized carbons (Fsp3) is 1.00. The first-order valence-corrected chi connectivity index (χ1v) is 8.68. The summed E-state index contributed by atoms with van der Waals surface area (Å²) in [4.78, 5) is 2.63. The number of morpholine rings is 1. The molecule has 0 amide bonds. The lowest BCUT2D eigenvalue weighted by molar-refractivity contribution is -0.139. The Bertz CT molecular complexity index is 349. The van der Waals surface area contributed by atoms with Crippen LogP contribution >= 0.6 is 0 Å². The van der Waals surface area contributed by atoms with Gasteiger partial charge in [-0.1, -0.05) is 0 Å². The minimum absolute atomic E-state index is 0.0199. The van der Waals surface area contributed by atoms with Gasteiger partial charge in [0.1, 0.15) is 0 Å². The van der Waals surface area contributed by atoms with Gasteiger partial charge in [0, 0.05) is 45.4 Å². The highest BCUT2D eigenvalue weighted by Crippen LogP contribution is 2.34. The average molecular weight is 296 g/mol. The molecule has 1 unspecified atom stereocenters. The quantitative estimate of drug-likeness (QED) is 0.842. The van der Waals surface area contributed by atoms with Crippen molar-refractivity contribution in [3.8, 4) is 0 Å². The highest BCUT2D eigenvalue weighted by Gasteiger charge is 2.39. The maximum atomic E-state index is 6.05. The van der Waals surface area contributed by atoms with Gasteiger partial charge in [0.25, 0.3) is 0 Å². The Kier molecular flexibility index (Phi) is 4.60. The van der Waals surface area contributed by atoms with Gasteiger partial charge in [0.15, 0.2) is 0 Å². The summed E-state index contributed by atoms with van der Waals surface area (Å²) in [7, 11) is 0. The van der Waals surface area contributed by atoms with E-state index in [0.717, 1.165) is 38.9 Å². The van der Waals surface area contributed by atoms with Crippen LogP contribution < -0.4 is 5.32 Å². The van der Waals surface area contributed by atoms with Crippen molar-refractivity contribution in [2.45, 2.75) is 64.2 Å². The molecule has 4 nitrogen and oxygen atoms in total. The van der Waals surface area contributed by atoms with Crippen molar-refractivity contribution in [1.29, 1.82) is 0 Å². The number of rotatable bonds is 5. The lowest BCUT2D eigenvalue weighted by atomic mass is 9.79. The summed E-state index contributed by atoms with van der Waals surface area (Å²) in [5.41, 5.74) is 0.377. The van der Waals surface area contributed by atoms with E-state index in [1.165, 1.54) is 32.2 Å². The Morgan fingerprint density at radius 3 is 2.52 bits per heavy atom. The van der Waals surface area contributed by atoms with Gasteiger partial charge in [-0.15, -0.1) is 0 Å². The van der Waals surface area contributed by atoms with Crippen LogP contribution in [0.15, 0.2) is 0 Å². The van der Waals surface area contributed by atoms with Crippen LogP contribution in [0.1, 0.15) is 46.5 Å². The van der Waals surface area contributed by atoms with Crippen LogP contribution in [-0.2, 0) is 9.47 Å². The van der Waals surface area contributed by atoms with Gasteiger partial charge < -0.3 is 14.8 Å². The number of nitrogens with one attached hydrogen (secondary N) is 1. The Balaban J connectivity index is 1.62. The molecule has 3 rings (SSSR count). The standard InChI is InChI=1S/C17H32N2O2/c1-14-10-19(12-16(2,3)21-14)13-17(6-8-20-9-7-17)11-18-15-4-5-15/h14-15,18H,4-13H2,1-3H3. The molecule has 2 saturated heterocycles. The Hall–Kier alpha value is -0.160. The molecule has 0 aromatic heterocycles. The van der Waals surface area contributed by atoms with Crippen LogP contribution in [0.3, 0.4) is 0 Å². The molecular weight excluding hydrogens is 264 g/mol. The molecular formula is C17H32N2O2. The van der Waals surface area contributed by atoms with Gasteiger partial charge in [0.2, 0.25) is 0 Å². The summed E-state index contributed by atoms with van der Waals surface area (Å²) >= 11 is 0. The zero-order valence-corrected chi connectivity index (χ0v) is 14.0. The van der Waals surface area contributed by atoms with Crippen LogP contribution in [0, 0.1) is 5.41 Å². The van der Waals surface area contributed by atoms with E-state index >= 15 is 0 Å². The van der Waals surface area contributed by atoms with Crippen molar-refractivity contribution >= 4 is 0 Å². The van der Waals surface area contributed by atoms with Crippen LogP contribution in [-0.4, -0.2) is 62.0 Å². The first kappa shape index (κ1) is 15.7. The van der Waals surface area contributed by atoms with E-state index in [1.54, 1.807) is 0 Å². The highest BCUT2D eigenvalue weighted by atomic mass is 16.5. The van der Waals surface area contributed by atoms with Crippen molar-refractivity contribution in [2.75, 3.05) is 39.4 Å². The van der Waals surface area contributed by atoms with E-state index in [9.17, 15) is 0 Å². The minimum atomic E-state index is -0.0199. The van der Waals surface area contributed by atoms with Crippen molar-refractivity contribution in [3.05, 3.63) is 0 Å². The smallest absolute Gasteiger partial charge is 0.0757 e. The third-order valence-corrected chi connectivity index (χ3v) is 5.10. The van der Waals surface area contributed by atoms with Crippen molar-refractivity contribution < 1.29 is 9.47 Å². The van der Waals surface area contributed by atoms with Crippen LogP contribution in [0.25, 0.3) is 0 Å². The Morgan fingerprint density at radius 2 is 1.90 bits per heavy atom. The van der Waals surface area contributed by atoms with E-state index < -0.39 is 0 Å². The lowest BCUT2D eigenvalue weighted by Crippen LogP contribution is -2.56. The maximum absolute atomic E-state index is 6.05. The van der Waals surface area contributed by atoms with Gasteiger partial charge in [-0.25, -0.2) is 0 Å².